The molecule has 0 radical (unpaired) electrons. The summed E-state index contributed by atoms with van der Waals surface area (Å²) in [6.45, 7) is 1.15. The van der Waals surface area contributed by atoms with Crippen LogP contribution in [0, 0.1) is 0 Å². The number of fused-ring (bicyclic) bond motifs is 1. The van der Waals surface area contributed by atoms with Gasteiger partial charge in [-0.25, -0.2) is 4.98 Å². The highest BCUT2D eigenvalue weighted by atomic mass is 16.1. The van der Waals surface area contributed by atoms with Gasteiger partial charge in [0.2, 0.25) is 5.91 Å². The Balaban J connectivity index is 1.97. The molecule has 1 aromatic carbocycles. The van der Waals surface area contributed by atoms with Gasteiger partial charge in [0.25, 0.3) is 0 Å². The van der Waals surface area contributed by atoms with Crippen LogP contribution in [0.5, 0.6) is 0 Å². The van der Waals surface area contributed by atoms with Crippen molar-refractivity contribution in [3.05, 3.63) is 36.2 Å². The van der Waals surface area contributed by atoms with Crippen molar-refractivity contribution in [1.82, 2.24) is 15.3 Å². The predicted octanol–water partition coefficient (Wildman–Crippen LogP) is 0.595. The number of nitrogens with one attached hydrogen (secondary N) is 1. The fraction of sp³-hybridized carbons (Fsp3) is 0.250. The van der Waals surface area contributed by atoms with Crippen LogP contribution in [0.3, 0.4) is 0 Å². The Bertz CT molecular complexity index is 527. The number of nitrogens with two attached hydrogens (primary N) is 1. The van der Waals surface area contributed by atoms with Crippen LogP contribution in [0.1, 0.15) is 12.1 Å². The molecule has 0 bridgehead atoms. The molecule has 5 heteroatoms. The molecule has 0 unspecified atom stereocenters. The Labute approximate surface area is 99.1 Å². The van der Waals surface area contributed by atoms with Crippen LogP contribution in [0.15, 0.2) is 30.5 Å². The molecule has 0 aliphatic heterocycles. The monoisotopic (exact) mass is 230 g/mol. The highest BCUT2D eigenvalue weighted by Crippen LogP contribution is 2.07. The highest BCUT2D eigenvalue weighted by molar-refractivity contribution is 5.74. The lowest BCUT2D eigenvalue weighted by Crippen LogP contribution is -2.22. The van der Waals surface area contributed by atoms with Crippen LogP contribution < -0.4 is 11.1 Å². The molecule has 17 heavy (non-hydrogen) atoms. The Kier molecular flexibility index (Phi) is 3.62. The maximum Gasteiger partial charge on any atom is 0.218 e. The normalized spacial score (nSPS) is 10.6. The number of benzene rings is 1. The summed E-state index contributed by atoms with van der Waals surface area (Å²) < 4.78 is 0. The van der Waals surface area contributed by atoms with E-state index in [2.05, 4.69) is 15.3 Å². The largest absolute Gasteiger partial charge is 0.370 e. The van der Waals surface area contributed by atoms with Gasteiger partial charge in [-0.1, -0.05) is 12.1 Å². The lowest BCUT2D eigenvalue weighted by molar-refractivity contribution is -0.117. The zero-order chi connectivity index (χ0) is 12.1. The minimum absolute atomic E-state index is 0.304. The first kappa shape index (κ1) is 11.5. The van der Waals surface area contributed by atoms with Crippen molar-refractivity contribution in [3.63, 3.8) is 0 Å². The summed E-state index contributed by atoms with van der Waals surface area (Å²) in [6, 6.07) is 7.71. The molecule has 2 aromatic rings. The fourth-order valence-corrected chi connectivity index (χ4v) is 1.51. The van der Waals surface area contributed by atoms with E-state index in [-0.39, 0.29) is 5.91 Å². The van der Waals surface area contributed by atoms with Crippen molar-refractivity contribution in [2.75, 3.05) is 6.54 Å². The van der Waals surface area contributed by atoms with Crippen molar-refractivity contribution in [1.29, 1.82) is 0 Å². The van der Waals surface area contributed by atoms with Crippen LogP contribution in [0.25, 0.3) is 11.0 Å². The standard InChI is InChI=1S/C12H14N4O/c13-12(17)5-6-14-7-9-8-15-10-3-1-2-4-11(10)16-9/h1-4,8,14H,5-7H2,(H2,13,17). The summed E-state index contributed by atoms with van der Waals surface area (Å²) in [5, 5.41) is 3.09. The minimum atomic E-state index is -0.304. The highest BCUT2D eigenvalue weighted by Gasteiger charge is 1.99. The van der Waals surface area contributed by atoms with E-state index in [0.717, 1.165) is 16.7 Å². The molecule has 0 saturated carbocycles. The summed E-state index contributed by atoms with van der Waals surface area (Å²) in [7, 11) is 0. The van der Waals surface area contributed by atoms with Crippen molar-refractivity contribution in [2.45, 2.75) is 13.0 Å². The van der Waals surface area contributed by atoms with Gasteiger partial charge in [-0.15, -0.1) is 0 Å². The van der Waals surface area contributed by atoms with E-state index in [1.807, 2.05) is 24.3 Å². The van der Waals surface area contributed by atoms with Crippen LogP contribution in [0.4, 0.5) is 0 Å². The SMILES string of the molecule is NC(=O)CCNCc1cnc2ccccc2n1. The quantitative estimate of drug-likeness (QED) is 0.737. The van der Waals surface area contributed by atoms with E-state index in [9.17, 15) is 4.79 Å². The number of rotatable bonds is 5. The molecule has 2 rings (SSSR count). The molecule has 0 atom stereocenters. The molecule has 0 spiro atoms. The van der Waals surface area contributed by atoms with Crippen LogP contribution in [-0.2, 0) is 11.3 Å². The molecule has 0 aliphatic rings. The molecular weight excluding hydrogens is 216 g/mol. The average Bonchev–Trinajstić information content (AvgIpc) is 2.34. The molecule has 0 fully saturated rings. The Morgan fingerprint density at radius 2 is 2.06 bits per heavy atom. The van der Waals surface area contributed by atoms with Crippen LogP contribution in [0.2, 0.25) is 0 Å². The zero-order valence-electron chi connectivity index (χ0n) is 9.39. The molecule has 5 nitrogen and oxygen atoms in total. The topological polar surface area (TPSA) is 80.9 Å². The first-order valence-corrected chi connectivity index (χ1v) is 5.45. The second-order valence-corrected chi connectivity index (χ2v) is 3.74. The lowest BCUT2D eigenvalue weighted by atomic mass is 10.3. The van der Waals surface area contributed by atoms with E-state index < -0.39 is 0 Å². The third-order valence-electron chi connectivity index (χ3n) is 2.35. The van der Waals surface area contributed by atoms with Crippen molar-refractivity contribution < 1.29 is 4.79 Å². The second-order valence-electron chi connectivity index (χ2n) is 3.74. The van der Waals surface area contributed by atoms with Gasteiger partial charge < -0.3 is 11.1 Å². The van der Waals surface area contributed by atoms with Crippen molar-refractivity contribution in [3.8, 4) is 0 Å². The van der Waals surface area contributed by atoms with Gasteiger partial charge in [-0.2, -0.15) is 0 Å². The van der Waals surface area contributed by atoms with Gasteiger partial charge in [0.05, 0.1) is 22.9 Å². The molecule has 1 heterocycles. The second kappa shape index (κ2) is 5.36. The van der Waals surface area contributed by atoms with Gasteiger partial charge in [0, 0.05) is 19.5 Å². The van der Waals surface area contributed by atoms with Gasteiger partial charge in [-0.05, 0) is 12.1 Å². The number of hydrogen-bond acceptors (Lipinski definition) is 4. The number of carbonyl (C=O) groups is 1. The van der Waals surface area contributed by atoms with Gasteiger partial charge >= 0.3 is 0 Å². The van der Waals surface area contributed by atoms with E-state index >= 15 is 0 Å². The van der Waals surface area contributed by atoms with Gasteiger partial charge in [0.15, 0.2) is 0 Å². The summed E-state index contributed by atoms with van der Waals surface area (Å²) in [6.07, 6.45) is 2.07. The first-order chi connectivity index (χ1) is 8.25. The molecule has 0 aliphatic carbocycles. The molecule has 88 valence electrons. The molecule has 1 aromatic heterocycles. The molecular formula is C12H14N4O. The maximum absolute atomic E-state index is 10.5. The van der Waals surface area contributed by atoms with Gasteiger partial charge in [-0.3, -0.25) is 9.78 Å². The number of primary amides is 1. The number of hydrogen-bond donors (Lipinski definition) is 2. The van der Waals surface area contributed by atoms with E-state index in [1.165, 1.54) is 0 Å². The molecule has 0 saturated heterocycles. The Morgan fingerprint density at radius 1 is 1.29 bits per heavy atom. The average molecular weight is 230 g/mol. The van der Waals surface area contributed by atoms with Crippen molar-refractivity contribution >= 4 is 16.9 Å². The summed E-state index contributed by atoms with van der Waals surface area (Å²) in [5.41, 5.74) is 7.65. The fourth-order valence-electron chi connectivity index (χ4n) is 1.51. The van der Waals surface area contributed by atoms with Crippen molar-refractivity contribution in [2.24, 2.45) is 5.73 Å². The predicted molar refractivity (Wildman–Crippen MR) is 65.1 cm³/mol. The summed E-state index contributed by atoms with van der Waals surface area (Å²) >= 11 is 0. The lowest BCUT2D eigenvalue weighted by Gasteiger charge is -2.03. The van der Waals surface area contributed by atoms with Gasteiger partial charge in [0.1, 0.15) is 0 Å². The number of para-hydroxylation sites is 2. The minimum Gasteiger partial charge on any atom is -0.370 e. The van der Waals surface area contributed by atoms with Crippen LogP contribution in [-0.4, -0.2) is 22.4 Å². The number of nitrogens with zero attached hydrogens (tertiary/aromatic N) is 2. The molecule has 1 amide bonds. The molecule has 3 N–H and O–H groups in total. The third kappa shape index (κ3) is 3.22. The smallest absolute Gasteiger partial charge is 0.218 e. The Morgan fingerprint density at radius 3 is 2.82 bits per heavy atom. The third-order valence-corrected chi connectivity index (χ3v) is 2.35. The zero-order valence-corrected chi connectivity index (χ0v) is 9.39. The van der Waals surface area contributed by atoms with Crippen LogP contribution >= 0.6 is 0 Å². The first-order valence-electron chi connectivity index (χ1n) is 5.45. The van der Waals surface area contributed by atoms with E-state index in [1.54, 1.807) is 6.20 Å². The Hall–Kier alpha value is -2.01. The van der Waals surface area contributed by atoms with E-state index in [0.29, 0.717) is 19.5 Å². The maximum atomic E-state index is 10.5. The number of carbonyl (C=O) groups excluding carboxylic acids is 1. The number of amides is 1. The summed E-state index contributed by atoms with van der Waals surface area (Å²) in [5.74, 6) is -0.304. The van der Waals surface area contributed by atoms with E-state index in [4.69, 9.17) is 5.73 Å². The number of aromatic nitrogens is 2. The summed E-state index contributed by atoms with van der Waals surface area (Å²) in [4.78, 5) is 19.3.